The van der Waals surface area contributed by atoms with E-state index in [1.807, 2.05) is 0 Å². The predicted molar refractivity (Wildman–Crippen MR) is 116 cm³/mol. The molecule has 9 nitrogen and oxygen atoms in total. The minimum Gasteiger partial charge on any atom is -0.482 e. The molecule has 3 N–H and O–H groups in total. The third-order valence-electron chi connectivity index (χ3n) is 3.34. The summed E-state index contributed by atoms with van der Waals surface area (Å²) in [6, 6.07) is 10.2. The SMILES string of the molecule is O=C(/C=C/c1ccc([N+](=O)[O-])cc1)NC(=S)NNC(=O)COc1ccc(Cl)cc1Cl. The first-order chi connectivity index (χ1) is 14.2. The molecule has 0 saturated carbocycles. The predicted octanol–water partition coefficient (Wildman–Crippen LogP) is 3.02. The van der Waals surface area contributed by atoms with Gasteiger partial charge in [-0.2, -0.15) is 0 Å². The van der Waals surface area contributed by atoms with Crippen molar-refractivity contribution >= 4 is 64.1 Å². The number of ether oxygens (including phenoxy) is 1. The summed E-state index contributed by atoms with van der Waals surface area (Å²) < 4.78 is 5.25. The number of nitro benzene ring substituents is 1. The maximum absolute atomic E-state index is 11.8. The molecule has 0 aromatic heterocycles. The van der Waals surface area contributed by atoms with E-state index < -0.39 is 16.7 Å². The van der Waals surface area contributed by atoms with Gasteiger partial charge in [0.1, 0.15) is 5.75 Å². The number of thiocarbonyl (C=S) groups is 1. The Hall–Kier alpha value is -3.21. The number of hydrazine groups is 1. The lowest BCUT2D eigenvalue weighted by atomic mass is 10.2. The van der Waals surface area contributed by atoms with E-state index in [0.29, 0.717) is 10.6 Å². The number of hydrogen-bond acceptors (Lipinski definition) is 6. The Kier molecular flexibility index (Phi) is 8.54. The van der Waals surface area contributed by atoms with Crippen LogP contribution in [0.3, 0.4) is 0 Å². The van der Waals surface area contributed by atoms with Crippen LogP contribution in [-0.4, -0.2) is 28.5 Å². The number of rotatable bonds is 6. The lowest BCUT2D eigenvalue weighted by molar-refractivity contribution is -0.384. The van der Waals surface area contributed by atoms with Crippen LogP contribution in [0.15, 0.2) is 48.5 Å². The molecule has 2 aromatic carbocycles. The van der Waals surface area contributed by atoms with Gasteiger partial charge in [-0.15, -0.1) is 0 Å². The van der Waals surface area contributed by atoms with Crippen LogP contribution in [-0.2, 0) is 9.59 Å². The molecule has 0 unspecified atom stereocenters. The highest BCUT2D eigenvalue weighted by atomic mass is 35.5. The Morgan fingerprint density at radius 1 is 1.13 bits per heavy atom. The molecule has 0 bridgehead atoms. The highest BCUT2D eigenvalue weighted by Gasteiger charge is 2.08. The molecular formula is C18H14Cl2N4O5S. The highest BCUT2D eigenvalue weighted by molar-refractivity contribution is 7.80. The molecule has 0 saturated heterocycles. The molecule has 0 aliphatic carbocycles. The quantitative estimate of drug-likeness (QED) is 0.257. The standard InChI is InChI=1S/C18H14Cl2N4O5S/c19-12-4-7-15(14(20)9-12)29-10-17(26)22-23-18(30)21-16(25)8-3-11-1-5-13(6-2-11)24(27)28/h1-9H,10H2,(H,22,26)(H2,21,23,25,30)/b8-3+. The van der Waals surface area contributed by atoms with Crippen LogP contribution >= 0.6 is 35.4 Å². The molecule has 0 spiro atoms. The molecule has 0 fully saturated rings. The zero-order chi connectivity index (χ0) is 22.1. The van der Waals surface area contributed by atoms with Crippen molar-refractivity contribution < 1.29 is 19.2 Å². The van der Waals surface area contributed by atoms with E-state index >= 15 is 0 Å². The summed E-state index contributed by atoms with van der Waals surface area (Å²) in [5.74, 6) is -0.855. The average Bonchev–Trinajstić information content (AvgIpc) is 2.70. The smallest absolute Gasteiger partial charge is 0.276 e. The van der Waals surface area contributed by atoms with Crippen molar-refractivity contribution in [1.29, 1.82) is 0 Å². The maximum Gasteiger partial charge on any atom is 0.276 e. The van der Waals surface area contributed by atoms with Gasteiger partial charge in [0.25, 0.3) is 11.6 Å². The molecular weight excluding hydrogens is 455 g/mol. The van der Waals surface area contributed by atoms with Gasteiger partial charge in [-0.3, -0.25) is 35.9 Å². The number of amides is 2. The fourth-order valence-electron chi connectivity index (χ4n) is 1.96. The molecule has 0 aliphatic heterocycles. The van der Waals surface area contributed by atoms with Gasteiger partial charge < -0.3 is 4.74 Å². The summed E-state index contributed by atoms with van der Waals surface area (Å²) in [5, 5.41) is 13.5. The average molecular weight is 469 g/mol. The van der Waals surface area contributed by atoms with Crippen molar-refractivity contribution in [1.82, 2.24) is 16.2 Å². The summed E-state index contributed by atoms with van der Waals surface area (Å²) in [7, 11) is 0. The maximum atomic E-state index is 11.8. The van der Waals surface area contributed by atoms with Crippen molar-refractivity contribution in [3.05, 3.63) is 74.3 Å². The van der Waals surface area contributed by atoms with Crippen LogP contribution in [0.5, 0.6) is 5.75 Å². The summed E-state index contributed by atoms with van der Waals surface area (Å²) in [6.07, 6.45) is 2.63. The van der Waals surface area contributed by atoms with Gasteiger partial charge in [-0.1, -0.05) is 23.2 Å². The van der Waals surface area contributed by atoms with Crippen molar-refractivity contribution in [2.45, 2.75) is 0 Å². The van der Waals surface area contributed by atoms with Crippen LogP contribution in [0.1, 0.15) is 5.56 Å². The molecule has 30 heavy (non-hydrogen) atoms. The molecule has 0 radical (unpaired) electrons. The van der Waals surface area contributed by atoms with E-state index in [4.69, 9.17) is 40.2 Å². The Morgan fingerprint density at radius 2 is 1.83 bits per heavy atom. The largest absolute Gasteiger partial charge is 0.482 e. The molecule has 2 amide bonds. The molecule has 12 heteroatoms. The van der Waals surface area contributed by atoms with Gasteiger partial charge >= 0.3 is 0 Å². The minimum atomic E-state index is -0.570. The van der Waals surface area contributed by atoms with Crippen LogP contribution in [0.25, 0.3) is 6.08 Å². The summed E-state index contributed by atoms with van der Waals surface area (Å²) in [5.41, 5.74) is 5.13. The fourth-order valence-corrected chi connectivity index (χ4v) is 2.58. The first-order valence-electron chi connectivity index (χ1n) is 8.15. The second kappa shape index (κ2) is 11.1. The number of hydrogen-bond donors (Lipinski definition) is 3. The Labute approximate surface area is 186 Å². The lowest BCUT2D eigenvalue weighted by Gasteiger charge is -2.11. The number of nitrogens with one attached hydrogen (secondary N) is 3. The van der Waals surface area contributed by atoms with Gasteiger partial charge in [0.2, 0.25) is 5.91 Å². The summed E-state index contributed by atoms with van der Waals surface area (Å²) in [4.78, 5) is 33.7. The monoisotopic (exact) mass is 468 g/mol. The van der Waals surface area contributed by atoms with Crippen LogP contribution in [0.2, 0.25) is 10.0 Å². The second-order valence-corrected chi connectivity index (χ2v) is 6.79. The Bertz CT molecular complexity index is 999. The Balaban J connectivity index is 1.73. The second-order valence-electron chi connectivity index (χ2n) is 5.54. The van der Waals surface area contributed by atoms with Crippen LogP contribution < -0.4 is 20.9 Å². The van der Waals surface area contributed by atoms with Crippen LogP contribution in [0, 0.1) is 10.1 Å². The zero-order valence-electron chi connectivity index (χ0n) is 15.1. The number of nitrogens with zero attached hydrogens (tertiary/aromatic N) is 1. The first kappa shape index (κ1) is 23.1. The topological polar surface area (TPSA) is 123 Å². The van der Waals surface area contributed by atoms with Gasteiger partial charge in [-0.25, -0.2) is 0 Å². The fraction of sp³-hybridized carbons (Fsp3) is 0.0556. The van der Waals surface area contributed by atoms with Gasteiger partial charge in [0.15, 0.2) is 11.7 Å². The van der Waals surface area contributed by atoms with Crippen molar-refractivity contribution in [2.24, 2.45) is 0 Å². The number of benzene rings is 2. The molecule has 0 atom stereocenters. The van der Waals surface area contributed by atoms with E-state index in [2.05, 4.69) is 16.2 Å². The summed E-state index contributed by atoms with van der Waals surface area (Å²) >= 11 is 16.6. The molecule has 156 valence electrons. The van der Waals surface area contributed by atoms with Crippen molar-refractivity contribution in [3.8, 4) is 5.75 Å². The van der Waals surface area contributed by atoms with E-state index in [1.165, 1.54) is 48.6 Å². The number of non-ortho nitro benzene ring substituents is 1. The summed E-state index contributed by atoms with van der Waals surface area (Å²) in [6.45, 7) is -0.356. The first-order valence-corrected chi connectivity index (χ1v) is 9.31. The highest BCUT2D eigenvalue weighted by Crippen LogP contribution is 2.27. The lowest BCUT2D eigenvalue weighted by Crippen LogP contribution is -2.49. The third-order valence-corrected chi connectivity index (χ3v) is 4.07. The van der Waals surface area contributed by atoms with E-state index in [9.17, 15) is 19.7 Å². The van der Waals surface area contributed by atoms with Crippen molar-refractivity contribution in [3.63, 3.8) is 0 Å². The number of halogens is 2. The number of nitro groups is 1. The zero-order valence-corrected chi connectivity index (χ0v) is 17.4. The van der Waals surface area contributed by atoms with E-state index in [-0.39, 0.29) is 28.2 Å². The molecule has 2 aromatic rings. The van der Waals surface area contributed by atoms with E-state index in [1.54, 1.807) is 6.07 Å². The Morgan fingerprint density at radius 3 is 2.47 bits per heavy atom. The number of carbonyl (C=O) groups is 2. The number of carbonyl (C=O) groups excluding carboxylic acids is 2. The minimum absolute atomic E-state index is 0.0555. The molecule has 0 heterocycles. The van der Waals surface area contributed by atoms with Gasteiger partial charge in [0, 0.05) is 23.2 Å². The van der Waals surface area contributed by atoms with Crippen molar-refractivity contribution in [2.75, 3.05) is 6.61 Å². The van der Waals surface area contributed by atoms with Gasteiger partial charge in [-0.05, 0) is 54.2 Å². The van der Waals surface area contributed by atoms with E-state index in [0.717, 1.165) is 0 Å². The van der Waals surface area contributed by atoms with Crippen LogP contribution in [0.4, 0.5) is 5.69 Å². The van der Waals surface area contributed by atoms with Gasteiger partial charge in [0.05, 0.1) is 9.95 Å². The normalized spacial score (nSPS) is 10.3. The molecule has 0 aliphatic rings. The third kappa shape index (κ3) is 7.66. The molecule has 2 rings (SSSR count).